The van der Waals surface area contributed by atoms with Crippen LogP contribution in [0.25, 0.3) is 10.6 Å². The summed E-state index contributed by atoms with van der Waals surface area (Å²) in [4.78, 5) is 19.9. The van der Waals surface area contributed by atoms with Gasteiger partial charge in [-0.3, -0.25) is 9.69 Å². The number of morpholine rings is 1. The fourth-order valence-corrected chi connectivity index (χ4v) is 4.86. The zero-order valence-corrected chi connectivity index (χ0v) is 20.1. The third kappa shape index (κ3) is 6.19. The Hall–Kier alpha value is -2.74. The average molecular weight is 466 g/mol. The van der Waals surface area contributed by atoms with Crippen LogP contribution < -0.4 is 10.1 Å². The minimum Gasteiger partial charge on any atom is -0.493 e. The normalized spacial score (nSPS) is 15.2. The van der Waals surface area contributed by atoms with E-state index in [1.807, 2.05) is 36.6 Å². The Morgan fingerprint density at radius 3 is 2.70 bits per heavy atom. The number of nitrogens with zero attached hydrogens (tertiary/aromatic N) is 2. The van der Waals surface area contributed by atoms with Crippen LogP contribution in [0.5, 0.6) is 5.75 Å². The van der Waals surface area contributed by atoms with Gasteiger partial charge in [0, 0.05) is 25.0 Å². The highest BCUT2D eigenvalue weighted by Gasteiger charge is 2.23. The Morgan fingerprint density at radius 1 is 1.18 bits per heavy atom. The van der Waals surface area contributed by atoms with Crippen molar-refractivity contribution < 1.29 is 14.3 Å². The second kappa shape index (κ2) is 11.4. The van der Waals surface area contributed by atoms with Gasteiger partial charge in [0.2, 0.25) is 5.91 Å². The van der Waals surface area contributed by atoms with E-state index in [-0.39, 0.29) is 18.4 Å². The van der Waals surface area contributed by atoms with Gasteiger partial charge >= 0.3 is 0 Å². The average Bonchev–Trinajstić information content (AvgIpc) is 3.30. The van der Waals surface area contributed by atoms with E-state index >= 15 is 0 Å². The van der Waals surface area contributed by atoms with E-state index in [0.29, 0.717) is 13.2 Å². The molecule has 1 saturated heterocycles. The summed E-state index contributed by atoms with van der Waals surface area (Å²) in [6.45, 7) is 8.39. The predicted octanol–water partition coefficient (Wildman–Crippen LogP) is 4.25. The molecule has 1 aliphatic heterocycles. The maximum absolute atomic E-state index is 12.8. The first-order chi connectivity index (χ1) is 16.1. The number of thiazole rings is 1. The van der Waals surface area contributed by atoms with E-state index in [0.717, 1.165) is 48.3 Å². The molecule has 1 aliphatic rings. The summed E-state index contributed by atoms with van der Waals surface area (Å²) in [6.07, 6.45) is 0.261. The summed E-state index contributed by atoms with van der Waals surface area (Å²) in [5.41, 5.74) is 4.18. The number of nitrogens with one attached hydrogen (secondary N) is 1. The molecule has 1 aromatic heterocycles. The smallest absolute Gasteiger partial charge is 0.226 e. The van der Waals surface area contributed by atoms with Crippen LogP contribution >= 0.6 is 11.3 Å². The summed E-state index contributed by atoms with van der Waals surface area (Å²) in [5, 5.41) is 5.96. The van der Waals surface area contributed by atoms with Gasteiger partial charge in [-0.2, -0.15) is 0 Å². The number of ether oxygens (including phenoxy) is 2. The molecule has 6 nitrogen and oxygen atoms in total. The van der Waals surface area contributed by atoms with Gasteiger partial charge in [-0.25, -0.2) is 4.98 Å². The first kappa shape index (κ1) is 23.4. The van der Waals surface area contributed by atoms with E-state index in [9.17, 15) is 4.79 Å². The van der Waals surface area contributed by atoms with E-state index in [4.69, 9.17) is 14.5 Å². The van der Waals surface area contributed by atoms with Gasteiger partial charge in [0.15, 0.2) is 0 Å². The van der Waals surface area contributed by atoms with Gasteiger partial charge in [0.05, 0.1) is 43.5 Å². The van der Waals surface area contributed by atoms with E-state index in [1.165, 1.54) is 22.5 Å². The van der Waals surface area contributed by atoms with Crippen molar-refractivity contribution in [1.82, 2.24) is 15.2 Å². The molecule has 1 fully saturated rings. The molecule has 0 spiro atoms. The number of hydrogen-bond acceptors (Lipinski definition) is 6. The second-order valence-corrected chi connectivity index (χ2v) is 8.99. The Balaban J connectivity index is 1.40. The highest BCUT2D eigenvalue weighted by atomic mass is 32.1. The zero-order chi connectivity index (χ0) is 23.0. The van der Waals surface area contributed by atoms with E-state index in [2.05, 4.69) is 41.4 Å². The molecule has 1 N–H and O–H groups in total. The minimum absolute atomic E-state index is 0.0182. The molecule has 0 aliphatic carbocycles. The monoisotopic (exact) mass is 465 g/mol. The third-order valence-corrected chi connectivity index (χ3v) is 6.68. The van der Waals surface area contributed by atoms with Gasteiger partial charge in [-0.15, -0.1) is 11.3 Å². The Kier molecular flexibility index (Phi) is 8.10. The molecule has 0 saturated carbocycles. The van der Waals surface area contributed by atoms with Crippen LogP contribution in [0.4, 0.5) is 0 Å². The zero-order valence-electron chi connectivity index (χ0n) is 19.3. The van der Waals surface area contributed by atoms with Crippen molar-refractivity contribution >= 4 is 17.2 Å². The van der Waals surface area contributed by atoms with Crippen molar-refractivity contribution in [2.75, 3.05) is 39.5 Å². The van der Waals surface area contributed by atoms with Crippen LogP contribution in [0.15, 0.2) is 53.9 Å². The number of para-hydroxylation sites is 1. The molecule has 2 aromatic carbocycles. The molecule has 4 rings (SSSR count). The molecule has 3 aromatic rings. The minimum atomic E-state index is -0.0182. The fraction of sp³-hybridized carbons (Fsp3) is 0.385. The maximum Gasteiger partial charge on any atom is 0.226 e. The van der Waals surface area contributed by atoms with Crippen molar-refractivity contribution in [3.05, 3.63) is 70.7 Å². The van der Waals surface area contributed by atoms with Gasteiger partial charge < -0.3 is 14.8 Å². The molecule has 33 heavy (non-hydrogen) atoms. The summed E-state index contributed by atoms with van der Waals surface area (Å²) in [5.74, 6) is 0.798. The number of hydrogen-bond donors (Lipinski definition) is 1. The van der Waals surface area contributed by atoms with Crippen molar-refractivity contribution in [3.8, 4) is 16.3 Å². The van der Waals surface area contributed by atoms with Crippen LogP contribution in [0.2, 0.25) is 0 Å². The topological polar surface area (TPSA) is 63.7 Å². The third-order valence-electron chi connectivity index (χ3n) is 5.75. The molecular formula is C26H31N3O3S. The summed E-state index contributed by atoms with van der Waals surface area (Å²) in [7, 11) is 0. The maximum atomic E-state index is 12.8. The number of rotatable bonds is 9. The number of benzene rings is 2. The molecule has 1 unspecified atom stereocenters. The standard InChI is InChI=1S/C26H31N3O3S/c1-3-32-24-7-5-4-6-22(24)26-28-21(18-33-26)16-25(30)27-17-23(29-12-14-31-15-13-29)20-10-8-19(2)9-11-20/h4-11,18,23H,3,12-17H2,1-2H3,(H,27,30). The summed E-state index contributed by atoms with van der Waals surface area (Å²) in [6, 6.07) is 16.6. The number of amides is 1. The van der Waals surface area contributed by atoms with Crippen LogP contribution in [-0.2, 0) is 16.0 Å². The Bertz CT molecular complexity index is 1040. The fourth-order valence-electron chi connectivity index (χ4n) is 4.01. The van der Waals surface area contributed by atoms with Gasteiger partial charge in [0.25, 0.3) is 0 Å². The highest BCUT2D eigenvalue weighted by molar-refractivity contribution is 7.13. The van der Waals surface area contributed by atoms with E-state index in [1.54, 1.807) is 0 Å². The lowest BCUT2D eigenvalue weighted by atomic mass is 10.0. The van der Waals surface area contributed by atoms with Crippen LogP contribution in [0.3, 0.4) is 0 Å². The van der Waals surface area contributed by atoms with E-state index < -0.39 is 0 Å². The quantitative estimate of drug-likeness (QED) is 0.512. The molecule has 0 bridgehead atoms. The Morgan fingerprint density at radius 2 is 1.94 bits per heavy atom. The number of aromatic nitrogens is 1. The number of carbonyl (C=O) groups excluding carboxylic acids is 1. The van der Waals surface area contributed by atoms with Crippen molar-refractivity contribution in [2.24, 2.45) is 0 Å². The van der Waals surface area contributed by atoms with Crippen molar-refractivity contribution in [1.29, 1.82) is 0 Å². The molecule has 0 radical (unpaired) electrons. The van der Waals surface area contributed by atoms with Gasteiger partial charge in [-0.05, 0) is 31.5 Å². The summed E-state index contributed by atoms with van der Waals surface area (Å²) >= 11 is 1.54. The van der Waals surface area contributed by atoms with Crippen LogP contribution in [0.1, 0.15) is 29.8 Å². The molecule has 2 heterocycles. The van der Waals surface area contributed by atoms with Crippen LogP contribution in [0, 0.1) is 6.92 Å². The largest absolute Gasteiger partial charge is 0.493 e. The number of aryl methyl sites for hydroxylation is 1. The Labute approximate surface area is 199 Å². The predicted molar refractivity (Wildman–Crippen MR) is 132 cm³/mol. The highest BCUT2D eigenvalue weighted by Crippen LogP contribution is 2.32. The lowest BCUT2D eigenvalue weighted by Gasteiger charge is -2.35. The lowest BCUT2D eigenvalue weighted by molar-refractivity contribution is -0.120. The van der Waals surface area contributed by atoms with Crippen LogP contribution in [-0.4, -0.2) is 55.2 Å². The molecule has 1 atom stereocenters. The first-order valence-electron chi connectivity index (χ1n) is 11.5. The SMILES string of the molecule is CCOc1ccccc1-c1nc(CC(=O)NCC(c2ccc(C)cc2)N2CCOCC2)cs1. The lowest BCUT2D eigenvalue weighted by Crippen LogP contribution is -2.44. The van der Waals surface area contributed by atoms with Gasteiger partial charge in [-0.1, -0.05) is 42.0 Å². The summed E-state index contributed by atoms with van der Waals surface area (Å²) < 4.78 is 11.3. The van der Waals surface area contributed by atoms with Gasteiger partial charge in [0.1, 0.15) is 10.8 Å². The second-order valence-electron chi connectivity index (χ2n) is 8.13. The molecule has 7 heteroatoms. The van der Waals surface area contributed by atoms with Crippen molar-refractivity contribution in [2.45, 2.75) is 26.3 Å². The van der Waals surface area contributed by atoms with Crippen molar-refractivity contribution in [3.63, 3.8) is 0 Å². The first-order valence-corrected chi connectivity index (χ1v) is 12.3. The number of carbonyl (C=O) groups is 1. The molecular weight excluding hydrogens is 434 g/mol. The molecule has 1 amide bonds. The molecule has 174 valence electrons.